The molecule has 0 spiro atoms. The van der Waals surface area contributed by atoms with Crippen LogP contribution >= 0.6 is 8.25 Å². The highest BCUT2D eigenvalue weighted by Crippen LogP contribution is 2.42. The molecule has 1 unspecified atom stereocenters. The molecule has 0 aliphatic carbocycles. The van der Waals surface area contributed by atoms with E-state index < -0.39 is 8.25 Å². The third kappa shape index (κ3) is 7.20. The molecule has 0 bridgehead atoms. The molecule has 31 heavy (non-hydrogen) atoms. The van der Waals surface area contributed by atoms with Crippen LogP contribution in [0.3, 0.4) is 0 Å². The minimum atomic E-state index is -2.71. The first-order valence-electron chi connectivity index (χ1n) is 10.2. The molecule has 0 saturated carbocycles. The Balaban J connectivity index is 0.000000242. The molecule has 0 fully saturated rings. The molecule has 0 aliphatic heterocycles. The van der Waals surface area contributed by atoms with Gasteiger partial charge in [0.25, 0.3) is 0 Å². The number of phenolic OH excluding ortho intramolecular Hbond substituents is 1. The van der Waals surface area contributed by atoms with Crippen LogP contribution in [0.15, 0.2) is 72.8 Å². The van der Waals surface area contributed by atoms with Gasteiger partial charge in [-0.05, 0) is 34.1 Å². The Morgan fingerprint density at radius 1 is 0.710 bits per heavy atom. The lowest BCUT2D eigenvalue weighted by molar-refractivity contribution is 0.400. The quantitative estimate of drug-likeness (QED) is 0.418. The summed E-state index contributed by atoms with van der Waals surface area (Å²) in [6.07, 6.45) is 0. The van der Waals surface area contributed by atoms with Gasteiger partial charge in [0.05, 0.1) is 0 Å². The van der Waals surface area contributed by atoms with E-state index in [1.165, 1.54) is 11.1 Å². The second kappa shape index (κ2) is 10.1. The van der Waals surface area contributed by atoms with Crippen LogP contribution in [0.4, 0.5) is 0 Å². The molecule has 0 amide bonds. The molecule has 0 radical (unpaired) electrons. The average Bonchev–Trinajstić information content (AvgIpc) is 2.69. The van der Waals surface area contributed by atoms with Crippen LogP contribution in [-0.4, -0.2) is 10.00 Å². The maximum absolute atomic E-state index is 10.8. The molecule has 1 atom stereocenters. The standard InChI is InChI=1S/C14H21O4P.C12H10/c1-13(2,3)10-7-9(18-19(16)17)8-11(12(10)15)14(4,5)6;1-3-7-11(8-4-1)12-9-5-2-6-10-12/h7-8H,1-6H3,(H-,15,16,17);1-10H/p+1. The fourth-order valence-corrected chi connectivity index (χ4v) is 3.44. The molecule has 0 aromatic heterocycles. The van der Waals surface area contributed by atoms with E-state index in [0.29, 0.717) is 16.9 Å². The number of hydrogen-bond acceptors (Lipinski definition) is 3. The molecule has 3 aromatic carbocycles. The molecule has 4 nitrogen and oxygen atoms in total. The summed E-state index contributed by atoms with van der Waals surface area (Å²) in [7, 11) is -2.71. The number of aromatic hydroxyl groups is 1. The van der Waals surface area contributed by atoms with Crippen LogP contribution in [-0.2, 0) is 15.4 Å². The van der Waals surface area contributed by atoms with Crippen LogP contribution in [0, 0.1) is 0 Å². The predicted molar refractivity (Wildman–Crippen MR) is 128 cm³/mol. The molecule has 2 N–H and O–H groups in total. The van der Waals surface area contributed by atoms with Crippen LogP contribution in [0.5, 0.6) is 11.5 Å². The SMILES string of the molecule is CC(C)(C)c1cc(O[P+](=O)O)cc(C(C)(C)C)c1O.c1ccc(-c2ccccc2)cc1. The monoisotopic (exact) mass is 439 g/mol. The van der Waals surface area contributed by atoms with Gasteiger partial charge in [-0.3, -0.25) is 0 Å². The zero-order valence-corrected chi connectivity index (χ0v) is 20.0. The van der Waals surface area contributed by atoms with E-state index in [2.05, 4.69) is 48.5 Å². The van der Waals surface area contributed by atoms with E-state index in [4.69, 9.17) is 9.42 Å². The highest BCUT2D eigenvalue weighted by molar-refractivity contribution is 7.32. The van der Waals surface area contributed by atoms with Crippen LogP contribution < -0.4 is 4.52 Å². The second-order valence-electron chi connectivity index (χ2n) is 9.43. The molecule has 0 aliphatic rings. The number of benzene rings is 3. The van der Waals surface area contributed by atoms with Crippen molar-refractivity contribution in [2.75, 3.05) is 0 Å². The predicted octanol–water partition coefficient (Wildman–Crippen LogP) is 7.37. The molecule has 0 heterocycles. The summed E-state index contributed by atoms with van der Waals surface area (Å²) in [5.74, 6) is 0.525. The Bertz CT molecular complexity index is 929. The number of phenols is 1. The van der Waals surface area contributed by atoms with Crippen LogP contribution in [0.1, 0.15) is 52.7 Å². The zero-order valence-electron chi connectivity index (χ0n) is 19.1. The van der Waals surface area contributed by atoms with Crippen molar-refractivity contribution in [1.82, 2.24) is 0 Å². The van der Waals surface area contributed by atoms with Gasteiger partial charge in [0, 0.05) is 15.7 Å². The largest absolute Gasteiger partial charge is 0.747 e. The van der Waals surface area contributed by atoms with Crippen molar-refractivity contribution in [3.63, 3.8) is 0 Å². The molecular weight excluding hydrogens is 407 g/mol. The molecule has 164 valence electrons. The van der Waals surface area contributed by atoms with Gasteiger partial charge >= 0.3 is 8.25 Å². The third-order valence-corrected chi connectivity index (χ3v) is 5.13. The van der Waals surface area contributed by atoms with E-state index >= 15 is 0 Å². The topological polar surface area (TPSA) is 66.8 Å². The highest BCUT2D eigenvalue weighted by Gasteiger charge is 2.28. The lowest BCUT2D eigenvalue weighted by Crippen LogP contribution is -2.17. The molecular formula is C26H32O4P+. The van der Waals surface area contributed by atoms with Gasteiger partial charge in [0.2, 0.25) is 0 Å². The maximum atomic E-state index is 10.8. The van der Waals surface area contributed by atoms with Gasteiger partial charge < -0.3 is 5.11 Å². The van der Waals surface area contributed by atoms with E-state index in [1.54, 1.807) is 12.1 Å². The van der Waals surface area contributed by atoms with Gasteiger partial charge in [0.1, 0.15) is 5.75 Å². The fourth-order valence-electron chi connectivity index (χ4n) is 3.16. The number of hydrogen-bond donors (Lipinski definition) is 2. The lowest BCUT2D eigenvalue weighted by atomic mass is 9.79. The molecule has 3 rings (SSSR count). The minimum absolute atomic E-state index is 0.223. The van der Waals surface area contributed by atoms with Gasteiger partial charge in [-0.1, -0.05) is 102 Å². The van der Waals surface area contributed by atoms with E-state index in [9.17, 15) is 9.67 Å². The average molecular weight is 440 g/mol. The van der Waals surface area contributed by atoms with Gasteiger partial charge in [0.15, 0.2) is 5.75 Å². The minimum Gasteiger partial charge on any atom is -0.507 e. The Kier molecular flexibility index (Phi) is 8.00. The normalized spacial score (nSPS) is 11.9. The summed E-state index contributed by atoms with van der Waals surface area (Å²) >= 11 is 0. The van der Waals surface area contributed by atoms with Crippen molar-refractivity contribution in [2.24, 2.45) is 0 Å². The first-order chi connectivity index (χ1) is 14.4. The van der Waals surface area contributed by atoms with Crippen molar-refractivity contribution in [1.29, 1.82) is 0 Å². The van der Waals surface area contributed by atoms with Crippen molar-refractivity contribution in [3.05, 3.63) is 83.9 Å². The summed E-state index contributed by atoms with van der Waals surface area (Å²) in [6.45, 7) is 11.8. The first-order valence-corrected chi connectivity index (χ1v) is 11.3. The van der Waals surface area contributed by atoms with E-state index in [1.807, 2.05) is 53.7 Å². The van der Waals surface area contributed by atoms with Crippen molar-refractivity contribution >= 4 is 8.25 Å². The molecule has 5 heteroatoms. The summed E-state index contributed by atoms with van der Waals surface area (Å²) in [5, 5.41) is 10.4. The highest BCUT2D eigenvalue weighted by atomic mass is 31.1. The maximum Gasteiger partial charge on any atom is 0.747 e. The third-order valence-electron chi connectivity index (χ3n) is 4.76. The van der Waals surface area contributed by atoms with E-state index in [0.717, 1.165) is 0 Å². The molecule has 3 aromatic rings. The number of rotatable bonds is 3. The summed E-state index contributed by atoms with van der Waals surface area (Å²) in [4.78, 5) is 8.89. The summed E-state index contributed by atoms with van der Waals surface area (Å²) in [6, 6.07) is 24.0. The van der Waals surface area contributed by atoms with Gasteiger partial charge in [-0.15, -0.1) is 4.89 Å². The van der Waals surface area contributed by atoms with Crippen molar-refractivity contribution in [2.45, 2.75) is 52.4 Å². The van der Waals surface area contributed by atoms with Crippen molar-refractivity contribution in [3.8, 4) is 22.6 Å². The lowest BCUT2D eigenvalue weighted by Gasteiger charge is -2.27. The Morgan fingerprint density at radius 3 is 1.35 bits per heavy atom. The van der Waals surface area contributed by atoms with Crippen molar-refractivity contribution < 1.29 is 19.1 Å². The van der Waals surface area contributed by atoms with Gasteiger partial charge in [-0.25, -0.2) is 4.52 Å². The van der Waals surface area contributed by atoms with Crippen LogP contribution in [0.2, 0.25) is 0 Å². The van der Waals surface area contributed by atoms with Crippen LogP contribution in [0.25, 0.3) is 11.1 Å². The molecule has 0 saturated heterocycles. The first kappa shape index (κ1) is 24.6. The smallest absolute Gasteiger partial charge is 0.507 e. The van der Waals surface area contributed by atoms with E-state index in [-0.39, 0.29) is 16.6 Å². The Labute approximate surface area is 186 Å². The summed E-state index contributed by atoms with van der Waals surface area (Å²) in [5.41, 5.74) is 3.38. The van der Waals surface area contributed by atoms with Gasteiger partial charge in [-0.2, -0.15) is 0 Å². The zero-order chi connectivity index (χ0) is 23.2. The Hall–Kier alpha value is -2.68. The summed E-state index contributed by atoms with van der Waals surface area (Å²) < 4.78 is 15.7. The Morgan fingerprint density at radius 2 is 1.06 bits per heavy atom. The fraction of sp³-hybridized carbons (Fsp3) is 0.308. The second-order valence-corrected chi connectivity index (χ2v) is 10.1.